The van der Waals surface area contributed by atoms with Gasteiger partial charge in [0.2, 0.25) is 5.91 Å². The lowest BCUT2D eigenvalue weighted by atomic mass is 10.1. The summed E-state index contributed by atoms with van der Waals surface area (Å²) in [5, 5.41) is 9.48. The molecule has 0 radical (unpaired) electrons. The van der Waals surface area contributed by atoms with Crippen LogP contribution in [0.25, 0.3) is 11.4 Å². The molecule has 2 aromatic carbocycles. The summed E-state index contributed by atoms with van der Waals surface area (Å²) in [6, 6.07) is 16.1. The molecule has 0 N–H and O–H groups in total. The molecule has 3 rings (SSSR count). The molecule has 1 heterocycles. The number of nitrogens with zero attached hydrogens (tertiary/aromatic N) is 4. The highest BCUT2D eigenvalue weighted by Gasteiger charge is 2.18. The Hall–Kier alpha value is -2.80. The van der Waals surface area contributed by atoms with Crippen molar-refractivity contribution in [3.8, 4) is 17.1 Å². The third-order valence-electron chi connectivity index (χ3n) is 5.05. The van der Waals surface area contributed by atoms with E-state index < -0.39 is 0 Å². The second-order valence-electron chi connectivity index (χ2n) is 7.37. The first kappa shape index (κ1) is 22.9. The number of carbonyl (C=O) groups is 1. The summed E-state index contributed by atoms with van der Waals surface area (Å²) in [7, 11) is 1.65. The molecular formula is C24H30N4O2S. The van der Waals surface area contributed by atoms with Crippen LogP contribution in [0.15, 0.2) is 53.7 Å². The Kier molecular flexibility index (Phi) is 8.12. The van der Waals surface area contributed by atoms with Crippen LogP contribution in [0.5, 0.6) is 5.75 Å². The second kappa shape index (κ2) is 11.0. The molecule has 0 saturated carbocycles. The number of ether oxygens (including phenoxy) is 1. The molecule has 0 bridgehead atoms. The summed E-state index contributed by atoms with van der Waals surface area (Å²) >= 11 is 1.44. The smallest absolute Gasteiger partial charge is 0.233 e. The monoisotopic (exact) mass is 438 g/mol. The van der Waals surface area contributed by atoms with E-state index in [1.54, 1.807) is 7.11 Å². The Bertz CT molecular complexity index is 984. The highest BCUT2D eigenvalue weighted by atomic mass is 32.2. The molecule has 1 amide bonds. The van der Waals surface area contributed by atoms with Crippen LogP contribution in [0.1, 0.15) is 31.4 Å². The van der Waals surface area contributed by atoms with Gasteiger partial charge in [-0.25, -0.2) is 0 Å². The largest absolute Gasteiger partial charge is 0.497 e. The van der Waals surface area contributed by atoms with Crippen molar-refractivity contribution >= 4 is 17.7 Å². The molecule has 164 valence electrons. The predicted octanol–water partition coefficient (Wildman–Crippen LogP) is 4.81. The van der Waals surface area contributed by atoms with Crippen molar-refractivity contribution in [2.75, 3.05) is 19.4 Å². The van der Waals surface area contributed by atoms with Crippen LogP contribution in [0.3, 0.4) is 0 Å². The molecule has 0 aliphatic heterocycles. The number of amides is 1. The minimum atomic E-state index is 0.115. The standard InChI is InChI=1S/C24H30N4O2S/c1-5-15-27(16-19-9-7-18(3)8-10-19)22(29)17-31-24-26-25-23(28(24)6-2)20-11-13-21(30-4)14-12-20/h7-14H,5-6,15-17H2,1-4H3. The van der Waals surface area contributed by atoms with E-state index in [9.17, 15) is 4.79 Å². The van der Waals surface area contributed by atoms with Crippen molar-refractivity contribution in [3.05, 3.63) is 59.7 Å². The van der Waals surface area contributed by atoms with Gasteiger partial charge in [0.05, 0.1) is 12.9 Å². The van der Waals surface area contributed by atoms with E-state index in [1.807, 2.05) is 33.7 Å². The predicted molar refractivity (Wildman–Crippen MR) is 125 cm³/mol. The third kappa shape index (κ3) is 5.88. The van der Waals surface area contributed by atoms with E-state index in [2.05, 4.69) is 55.2 Å². The summed E-state index contributed by atoms with van der Waals surface area (Å²) in [5.74, 6) is 2.05. The first-order chi connectivity index (χ1) is 15.0. The highest BCUT2D eigenvalue weighted by molar-refractivity contribution is 7.99. The number of hydrogen-bond acceptors (Lipinski definition) is 5. The molecule has 0 atom stereocenters. The lowest BCUT2D eigenvalue weighted by Gasteiger charge is -2.22. The van der Waals surface area contributed by atoms with Crippen LogP contribution in [0.4, 0.5) is 0 Å². The topological polar surface area (TPSA) is 60.3 Å². The molecule has 0 fully saturated rings. The Morgan fingerprint density at radius 1 is 1.06 bits per heavy atom. The van der Waals surface area contributed by atoms with E-state index in [1.165, 1.54) is 17.3 Å². The van der Waals surface area contributed by atoms with Crippen LogP contribution in [0.2, 0.25) is 0 Å². The molecule has 0 aliphatic rings. The quantitative estimate of drug-likeness (QED) is 0.425. The van der Waals surface area contributed by atoms with Crippen molar-refractivity contribution < 1.29 is 9.53 Å². The number of benzene rings is 2. The van der Waals surface area contributed by atoms with Gasteiger partial charge in [0.25, 0.3) is 0 Å². The zero-order chi connectivity index (χ0) is 22.2. The van der Waals surface area contributed by atoms with Crippen molar-refractivity contribution in [2.24, 2.45) is 0 Å². The minimum absolute atomic E-state index is 0.115. The van der Waals surface area contributed by atoms with Gasteiger partial charge in [-0.05, 0) is 50.1 Å². The molecule has 6 nitrogen and oxygen atoms in total. The fourth-order valence-corrected chi connectivity index (χ4v) is 4.23. The fourth-order valence-electron chi connectivity index (χ4n) is 3.33. The fraction of sp³-hybridized carbons (Fsp3) is 0.375. The number of aromatic nitrogens is 3. The van der Waals surface area contributed by atoms with E-state index in [0.29, 0.717) is 12.3 Å². The number of thioether (sulfide) groups is 1. The maximum atomic E-state index is 13.0. The van der Waals surface area contributed by atoms with E-state index >= 15 is 0 Å². The van der Waals surface area contributed by atoms with Gasteiger partial charge in [-0.3, -0.25) is 4.79 Å². The third-order valence-corrected chi connectivity index (χ3v) is 6.00. The van der Waals surface area contributed by atoms with Crippen molar-refractivity contribution in [3.63, 3.8) is 0 Å². The number of aryl methyl sites for hydroxylation is 1. The van der Waals surface area contributed by atoms with Crippen LogP contribution in [-0.4, -0.2) is 45.0 Å². The molecule has 0 unspecified atom stereocenters. The van der Waals surface area contributed by atoms with Gasteiger partial charge in [-0.15, -0.1) is 10.2 Å². The molecule has 31 heavy (non-hydrogen) atoms. The van der Waals surface area contributed by atoms with Crippen LogP contribution >= 0.6 is 11.8 Å². The average Bonchev–Trinajstić information content (AvgIpc) is 3.21. The summed E-state index contributed by atoms with van der Waals surface area (Å²) in [5.41, 5.74) is 3.34. The molecule has 1 aromatic heterocycles. The minimum Gasteiger partial charge on any atom is -0.497 e. The summed E-state index contributed by atoms with van der Waals surface area (Å²) in [4.78, 5) is 14.9. The SMILES string of the molecule is CCCN(Cc1ccc(C)cc1)C(=O)CSc1nnc(-c2ccc(OC)cc2)n1CC. The first-order valence-corrected chi connectivity index (χ1v) is 11.6. The first-order valence-electron chi connectivity index (χ1n) is 10.6. The van der Waals surface area contributed by atoms with Gasteiger partial charge in [0, 0.05) is 25.2 Å². The summed E-state index contributed by atoms with van der Waals surface area (Å²) in [6.45, 7) is 8.32. The maximum absolute atomic E-state index is 13.0. The lowest BCUT2D eigenvalue weighted by Crippen LogP contribution is -2.32. The van der Waals surface area contributed by atoms with Crippen LogP contribution < -0.4 is 4.74 Å². The normalized spacial score (nSPS) is 10.8. The Morgan fingerprint density at radius 3 is 2.39 bits per heavy atom. The Balaban J connectivity index is 1.69. The van der Waals surface area contributed by atoms with Crippen LogP contribution in [-0.2, 0) is 17.9 Å². The summed E-state index contributed by atoms with van der Waals surface area (Å²) in [6.07, 6.45) is 0.926. The van der Waals surface area contributed by atoms with E-state index in [-0.39, 0.29) is 5.91 Å². The molecule has 0 saturated heterocycles. The number of hydrogen-bond donors (Lipinski definition) is 0. The molecule has 7 heteroatoms. The zero-order valence-corrected chi connectivity index (χ0v) is 19.5. The average molecular weight is 439 g/mol. The van der Waals surface area contributed by atoms with Gasteiger partial charge in [-0.2, -0.15) is 0 Å². The Morgan fingerprint density at radius 2 is 1.77 bits per heavy atom. The van der Waals surface area contributed by atoms with E-state index in [4.69, 9.17) is 4.74 Å². The molecular weight excluding hydrogens is 408 g/mol. The Labute approximate surface area is 188 Å². The van der Waals surface area contributed by atoms with Gasteiger partial charge in [-0.1, -0.05) is 48.5 Å². The van der Waals surface area contributed by atoms with Gasteiger partial charge in [0.1, 0.15) is 5.75 Å². The summed E-state index contributed by atoms with van der Waals surface area (Å²) < 4.78 is 7.28. The van der Waals surface area contributed by atoms with Gasteiger partial charge >= 0.3 is 0 Å². The molecule has 0 spiro atoms. The molecule has 0 aliphatic carbocycles. The number of carbonyl (C=O) groups excluding carboxylic acids is 1. The van der Waals surface area contributed by atoms with Crippen molar-refractivity contribution in [1.29, 1.82) is 0 Å². The van der Waals surface area contributed by atoms with Crippen LogP contribution in [0, 0.1) is 6.92 Å². The van der Waals surface area contributed by atoms with Crippen molar-refractivity contribution in [1.82, 2.24) is 19.7 Å². The maximum Gasteiger partial charge on any atom is 0.233 e. The lowest BCUT2D eigenvalue weighted by molar-refractivity contribution is -0.129. The number of rotatable bonds is 10. The highest BCUT2D eigenvalue weighted by Crippen LogP contribution is 2.26. The zero-order valence-electron chi connectivity index (χ0n) is 18.7. The van der Waals surface area contributed by atoms with Gasteiger partial charge < -0.3 is 14.2 Å². The number of methoxy groups -OCH3 is 1. The van der Waals surface area contributed by atoms with Gasteiger partial charge in [0.15, 0.2) is 11.0 Å². The second-order valence-corrected chi connectivity index (χ2v) is 8.31. The van der Waals surface area contributed by atoms with Crippen molar-refractivity contribution in [2.45, 2.75) is 45.4 Å². The van der Waals surface area contributed by atoms with E-state index in [0.717, 1.165) is 47.4 Å². The molecule has 3 aromatic rings.